The second kappa shape index (κ2) is 8.84. The summed E-state index contributed by atoms with van der Waals surface area (Å²) in [4.78, 5) is 25.4. The summed E-state index contributed by atoms with van der Waals surface area (Å²) >= 11 is 0. The van der Waals surface area contributed by atoms with Crippen LogP contribution in [-0.4, -0.2) is 61.9 Å². The maximum Gasteiger partial charge on any atom is 0.263 e. The molecule has 0 spiro atoms. The van der Waals surface area contributed by atoms with Crippen LogP contribution in [0.5, 0.6) is 5.75 Å². The standard InChI is InChI=1S/C19H22N4O3/c1-25-18-4-2-16(3-5-18)14-21-26-15-19(24)23-12-10-22(11-13-23)17-6-8-20-9-7-17/h2-9,14H,10-13,15H2,1H3/b21-14-. The average molecular weight is 354 g/mol. The predicted molar refractivity (Wildman–Crippen MR) is 99.6 cm³/mol. The highest BCUT2D eigenvalue weighted by Gasteiger charge is 2.21. The molecule has 2 aromatic rings. The van der Waals surface area contributed by atoms with Gasteiger partial charge in [0, 0.05) is 44.3 Å². The van der Waals surface area contributed by atoms with Gasteiger partial charge >= 0.3 is 0 Å². The summed E-state index contributed by atoms with van der Waals surface area (Å²) < 4.78 is 5.10. The van der Waals surface area contributed by atoms with Gasteiger partial charge in [-0.25, -0.2) is 0 Å². The average Bonchev–Trinajstić information content (AvgIpc) is 2.72. The van der Waals surface area contributed by atoms with E-state index in [1.165, 1.54) is 0 Å². The van der Waals surface area contributed by atoms with Crippen molar-refractivity contribution in [2.75, 3.05) is 44.8 Å². The fourth-order valence-corrected chi connectivity index (χ4v) is 2.74. The van der Waals surface area contributed by atoms with Crippen LogP contribution in [0.2, 0.25) is 0 Å². The SMILES string of the molecule is COc1ccc(/C=N\OCC(=O)N2CCN(c3ccncc3)CC2)cc1. The van der Waals surface area contributed by atoms with E-state index in [1.54, 1.807) is 30.6 Å². The third-order valence-corrected chi connectivity index (χ3v) is 4.24. The lowest BCUT2D eigenvalue weighted by atomic mass is 10.2. The molecule has 26 heavy (non-hydrogen) atoms. The molecule has 3 rings (SSSR count). The van der Waals surface area contributed by atoms with E-state index in [2.05, 4.69) is 15.0 Å². The highest BCUT2D eigenvalue weighted by Crippen LogP contribution is 2.14. The van der Waals surface area contributed by atoms with Crippen LogP contribution in [-0.2, 0) is 9.63 Å². The van der Waals surface area contributed by atoms with Gasteiger partial charge in [0.05, 0.1) is 13.3 Å². The van der Waals surface area contributed by atoms with Crippen LogP contribution >= 0.6 is 0 Å². The van der Waals surface area contributed by atoms with Gasteiger partial charge in [-0.15, -0.1) is 0 Å². The summed E-state index contributed by atoms with van der Waals surface area (Å²) in [5.74, 6) is 0.732. The number of rotatable bonds is 6. The zero-order valence-electron chi connectivity index (χ0n) is 14.7. The second-order valence-corrected chi connectivity index (χ2v) is 5.85. The molecule has 7 nitrogen and oxygen atoms in total. The van der Waals surface area contributed by atoms with Crippen LogP contribution in [0.25, 0.3) is 0 Å². The number of benzene rings is 1. The van der Waals surface area contributed by atoms with E-state index < -0.39 is 0 Å². The Labute approximate surface area is 152 Å². The van der Waals surface area contributed by atoms with Crippen molar-refractivity contribution in [3.05, 3.63) is 54.4 Å². The molecule has 1 fully saturated rings. The number of hydrogen-bond acceptors (Lipinski definition) is 6. The number of carbonyl (C=O) groups excluding carboxylic acids is 1. The Bertz CT molecular complexity index is 726. The lowest BCUT2D eigenvalue weighted by Gasteiger charge is -2.35. The molecule has 1 saturated heterocycles. The van der Waals surface area contributed by atoms with E-state index >= 15 is 0 Å². The molecule has 0 bridgehead atoms. The topological polar surface area (TPSA) is 67.3 Å². The Morgan fingerprint density at radius 1 is 1.12 bits per heavy atom. The van der Waals surface area contributed by atoms with Crippen molar-refractivity contribution in [3.8, 4) is 5.75 Å². The van der Waals surface area contributed by atoms with Gasteiger partial charge in [0.1, 0.15) is 5.75 Å². The monoisotopic (exact) mass is 354 g/mol. The summed E-state index contributed by atoms with van der Waals surface area (Å²) in [6, 6.07) is 11.4. The smallest absolute Gasteiger partial charge is 0.263 e. The molecule has 0 atom stereocenters. The number of hydrogen-bond donors (Lipinski definition) is 0. The Kier molecular flexibility index (Phi) is 6.03. The minimum atomic E-state index is -0.0537. The summed E-state index contributed by atoms with van der Waals surface area (Å²) in [5.41, 5.74) is 2.01. The van der Waals surface area contributed by atoms with Gasteiger partial charge in [0.15, 0.2) is 6.61 Å². The second-order valence-electron chi connectivity index (χ2n) is 5.85. The molecule has 136 valence electrons. The molecule has 0 radical (unpaired) electrons. The molecule has 2 heterocycles. The summed E-state index contributed by atoms with van der Waals surface area (Å²) in [5, 5.41) is 3.86. The zero-order valence-corrected chi connectivity index (χ0v) is 14.7. The minimum absolute atomic E-state index is 0.0498. The van der Waals surface area contributed by atoms with Crippen molar-refractivity contribution >= 4 is 17.8 Å². The fourth-order valence-electron chi connectivity index (χ4n) is 2.74. The van der Waals surface area contributed by atoms with E-state index in [4.69, 9.17) is 9.57 Å². The van der Waals surface area contributed by atoms with Crippen molar-refractivity contribution < 1.29 is 14.4 Å². The number of aromatic nitrogens is 1. The Morgan fingerprint density at radius 2 is 1.81 bits per heavy atom. The van der Waals surface area contributed by atoms with E-state index in [0.717, 1.165) is 30.1 Å². The number of anilines is 1. The zero-order chi connectivity index (χ0) is 18.2. The van der Waals surface area contributed by atoms with Crippen molar-refractivity contribution in [3.63, 3.8) is 0 Å². The van der Waals surface area contributed by atoms with Gasteiger partial charge in [-0.1, -0.05) is 5.16 Å². The first-order chi connectivity index (χ1) is 12.8. The van der Waals surface area contributed by atoms with E-state index in [9.17, 15) is 4.79 Å². The van der Waals surface area contributed by atoms with E-state index in [-0.39, 0.29) is 12.5 Å². The number of oxime groups is 1. The molecule has 0 aliphatic carbocycles. The third kappa shape index (κ3) is 4.72. The van der Waals surface area contributed by atoms with Crippen molar-refractivity contribution in [2.45, 2.75) is 0 Å². The predicted octanol–water partition coefficient (Wildman–Crippen LogP) is 1.79. The van der Waals surface area contributed by atoms with E-state index in [0.29, 0.717) is 13.1 Å². The summed E-state index contributed by atoms with van der Waals surface area (Å²) in [6.07, 6.45) is 5.14. The van der Waals surface area contributed by atoms with Crippen molar-refractivity contribution in [1.29, 1.82) is 0 Å². The quantitative estimate of drug-likeness (QED) is 0.584. The largest absolute Gasteiger partial charge is 0.497 e. The highest BCUT2D eigenvalue weighted by atomic mass is 16.6. The van der Waals surface area contributed by atoms with Gasteiger partial charge < -0.3 is 19.4 Å². The molecule has 1 aliphatic rings. The van der Waals surface area contributed by atoms with E-state index in [1.807, 2.05) is 36.4 Å². The first-order valence-electron chi connectivity index (χ1n) is 8.48. The third-order valence-electron chi connectivity index (χ3n) is 4.24. The molecule has 1 aromatic carbocycles. The minimum Gasteiger partial charge on any atom is -0.497 e. The summed E-state index contributed by atoms with van der Waals surface area (Å²) in [6.45, 7) is 2.89. The van der Waals surface area contributed by atoms with Crippen LogP contribution in [0.4, 0.5) is 5.69 Å². The number of nitrogens with zero attached hydrogens (tertiary/aromatic N) is 4. The molecule has 1 amide bonds. The highest BCUT2D eigenvalue weighted by molar-refractivity contribution is 5.80. The van der Waals surface area contributed by atoms with Gasteiger partial charge in [0.2, 0.25) is 0 Å². The first kappa shape index (κ1) is 17.7. The van der Waals surface area contributed by atoms with Crippen LogP contribution in [0, 0.1) is 0 Å². The molecule has 0 unspecified atom stereocenters. The number of piperazine rings is 1. The lowest BCUT2D eigenvalue weighted by molar-refractivity contribution is -0.136. The molecule has 1 aromatic heterocycles. The van der Waals surface area contributed by atoms with Gasteiger partial charge in [-0.2, -0.15) is 0 Å². The number of methoxy groups -OCH3 is 1. The molecular formula is C19H22N4O3. The number of amides is 1. The number of carbonyl (C=O) groups is 1. The van der Waals surface area contributed by atoms with Crippen LogP contribution in [0.3, 0.4) is 0 Å². The summed E-state index contributed by atoms with van der Waals surface area (Å²) in [7, 11) is 1.62. The maximum absolute atomic E-state index is 12.2. The molecule has 0 saturated carbocycles. The Hall–Kier alpha value is -3.09. The van der Waals surface area contributed by atoms with Gasteiger partial charge in [-0.3, -0.25) is 9.78 Å². The Balaban J connectivity index is 1.41. The molecule has 1 aliphatic heterocycles. The van der Waals surface area contributed by atoms with Gasteiger partial charge in [0.25, 0.3) is 5.91 Å². The van der Waals surface area contributed by atoms with Crippen LogP contribution < -0.4 is 9.64 Å². The van der Waals surface area contributed by atoms with Crippen LogP contribution in [0.1, 0.15) is 5.56 Å². The molecular weight excluding hydrogens is 332 g/mol. The normalized spacial score (nSPS) is 14.5. The lowest BCUT2D eigenvalue weighted by Crippen LogP contribution is -2.49. The molecule has 0 N–H and O–H groups in total. The number of ether oxygens (including phenoxy) is 1. The molecule has 7 heteroatoms. The van der Waals surface area contributed by atoms with Crippen molar-refractivity contribution in [1.82, 2.24) is 9.88 Å². The Morgan fingerprint density at radius 3 is 2.46 bits per heavy atom. The first-order valence-corrected chi connectivity index (χ1v) is 8.48. The van der Waals surface area contributed by atoms with Crippen molar-refractivity contribution in [2.24, 2.45) is 5.16 Å². The number of pyridine rings is 1. The van der Waals surface area contributed by atoms with Crippen LogP contribution in [0.15, 0.2) is 53.9 Å². The van der Waals surface area contributed by atoms with Gasteiger partial charge in [-0.05, 0) is 42.0 Å². The maximum atomic E-state index is 12.2. The fraction of sp³-hybridized carbons (Fsp3) is 0.316.